The number of aromatic nitrogens is 6. The number of benzene rings is 2. The number of oxazole rings is 2. The fourth-order valence-corrected chi connectivity index (χ4v) is 12.8. The summed E-state index contributed by atoms with van der Waals surface area (Å²) in [6.07, 6.45) is 6.89. The van der Waals surface area contributed by atoms with E-state index in [0.717, 1.165) is 31.4 Å². The van der Waals surface area contributed by atoms with Crippen molar-refractivity contribution in [1.29, 1.82) is 0 Å². The lowest BCUT2D eigenvalue weighted by Crippen LogP contribution is -2.52. The summed E-state index contributed by atoms with van der Waals surface area (Å²) in [6, 6.07) is 14.9. The topological polar surface area (TPSA) is 260 Å². The number of fused-ring (bicyclic) bond motifs is 2. The number of ether oxygens (including phenoxy) is 4. The highest BCUT2D eigenvalue weighted by atomic mass is 32.1. The van der Waals surface area contributed by atoms with Crippen LogP contribution >= 0.6 is 36.2 Å². The number of hydrogen-bond acceptors (Lipinski definition) is 16. The Morgan fingerprint density at radius 2 is 1.01 bits per heavy atom. The van der Waals surface area contributed by atoms with Crippen LogP contribution < -0.4 is 22.5 Å². The minimum atomic E-state index is -1.83. The third-order valence-electron chi connectivity index (χ3n) is 14.9. The van der Waals surface area contributed by atoms with Gasteiger partial charge in [-0.15, -0.1) is 22.7 Å². The van der Waals surface area contributed by atoms with E-state index in [4.69, 9.17) is 40.9 Å². The van der Waals surface area contributed by atoms with Crippen LogP contribution in [0.3, 0.4) is 0 Å². The Bertz CT molecular complexity index is 3740. The number of aliphatic carboxylic acids is 2. The van der Waals surface area contributed by atoms with Gasteiger partial charge in [0.05, 0.1) is 58.2 Å². The van der Waals surface area contributed by atoms with Gasteiger partial charge in [-0.05, 0) is 89.5 Å². The van der Waals surface area contributed by atoms with Crippen molar-refractivity contribution in [3.8, 4) is 21.5 Å². The average molecular weight is 1190 g/mol. The van der Waals surface area contributed by atoms with Gasteiger partial charge in [0, 0.05) is 37.6 Å². The molecule has 22 nitrogen and oxygen atoms in total. The van der Waals surface area contributed by atoms with Crippen LogP contribution in [0, 0.1) is 27.0 Å². The summed E-state index contributed by atoms with van der Waals surface area (Å²) >= 11 is 2.37. The van der Waals surface area contributed by atoms with Crippen LogP contribution in [-0.4, -0.2) is 89.0 Å². The van der Waals surface area contributed by atoms with E-state index in [9.17, 15) is 39.0 Å². The Hall–Kier alpha value is -7.75. The maximum absolute atomic E-state index is 14.1. The minimum Gasteiger partial charge on any atom is -0.480 e. The van der Waals surface area contributed by atoms with Gasteiger partial charge in [-0.1, -0.05) is 48.5 Å². The highest BCUT2D eigenvalue weighted by molar-refractivity contribution is 7.59. The van der Waals surface area contributed by atoms with Crippen molar-refractivity contribution < 1.29 is 47.6 Å². The molecular formula is C58H62N8O14S3. The second-order valence-corrected chi connectivity index (χ2v) is 22.8. The summed E-state index contributed by atoms with van der Waals surface area (Å²) < 4.78 is 39.7. The molecule has 2 atom stereocenters. The monoisotopic (exact) mass is 1190 g/mol. The van der Waals surface area contributed by atoms with Crippen molar-refractivity contribution in [3.05, 3.63) is 171 Å². The van der Waals surface area contributed by atoms with Gasteiger partial charge < -0.3 is 47.7 Å². The SMILES string of the molecule is S.[C-]#[N+]Cc1ccccc1C(Cn1c(=O)n(C(C)(C)C(=O)O)c(=O)c2c(C)c(-c3ncco3)sc21)OC1CCOCC1.[C-]#[N+]Cc1ccccc1[C@@H](Cn1c(=O)n(C(C)(C)C(=O)O)c(=O)c2c(C)c(-c3ncco3)sc21)OC1CCOCC1. The zero-order valence-electron chi connectivity index (χ0n) is 46.4. The number of carbonyl (C=O) groups is 2. The van der Waals surface area contributed by atoms with Crippen LogP contribution in [0.4, 0.5) is 0 Å². The van der Waals surface area contributed by atoms with E-state index in [1.807, 2.05) is 48.5 Å². The normalized spacial score (nSPS) is 15.0. The zero-order chi connectivity index (χ0) is 58.6. The van der Waals surface area contributed by atoms with Gasteiger partial charge in [0.2, 0.25) is 24.9 Å². The minimum absolute atomic E-state index is 0. The fraction of sp³-hybridized carbons (Fsp3) is 0.414. The van der Waals surface area contributed by atoms with Crippen LogP contribution in [0.5, 0.6) is 0 Å². The molecule has 436 valence electrons. The van der Waals surface area contributed by atoms with E-state index in [-0.39, 0.29) is 62.7 Å². The molecule has 83 heavy (non-hydrogen) atoms. The van der Waals surface area contributed by atoms with E-state index in [1.165, 1.54) is 84.4 Å². The van der Waals surface area contributed by atoms with Gasteiger partial charge in [0.15, 0.2) is 0 Å². The Kier molecular flexibility index (Phi) is 19.1. The van der Waals surface area contributed by atoms with Crippen LogP contribution in [0.2, 0.25) is 0 Å². The van der Waals surface area contributed by atoms with Crippen molar-refractivity contribution in [3.63, 3.8) is 0 Å². The third-order valence-corrected chi connectivity index (χ3v) is 17.5. The molecule has 2 aliphatic heterocycles. The van der Waals surface area contributed by atoms with Crippen LogP contribution in [-0.2, 0) is 65.8 Å². The Labute approximate surface area is 490 Å². The highest BCUT2D eigenvalue weighted by Crippen LogP contribution is 2.39. The molecule has 8 heterocycles. The number of hydrogen-bond donors (Lipinski definition) is 2. The number of rotatable bonds is 18. The summed E-state index contributed by atoms with van der Waals surface area (Å²) in [5.74, 6) is -2.05. The Morgan fingerprint density at radius 3 is 1.34 bits per heavy atom. The molecule has 0 spiro atoms. The van der Waals surface area contributed by atoms with E-state index in [1.54, 1.807) is 13.8 Å². The van der Waals surface area contributed by atoms with Gasteiger partial charge in [0.1, 0.15) is 45.5 Å². The molecule has 1 unspecified atom stereocenters. The van der Waals surface area contributed by atoms with Gasteiger partial charge in [-0.2, -0.15) is 13.5 Å². The molecule has 0 aliphatic carbocycles. The molecule has 2 aromatic carbocycles. The summed E-state index contributed by atoms with van der Waals surface area (Å²) in [6.45, 7) is 26.1. The lowest BCUT2D eigenvalue weighted by molar-refractivity contribution is -0.146. The summed E-state index contributed by atoms with van der Waals surface area (Å²) in [7, 11) is 0. The molecule has 0 saturated carbocycles. The predicted octanol–water partition coefficient (Wildman–Crippen LogP) is 8.84. The first-order valence-electron chi connectivity index (χ1n) is 26.4. The van der Waals surface area contributed by atoms with E-state index >= 15 is 0 Å². The van der Waals surface area contributed by atoms with Crippen LogP contribution in [0.25, 0.3) is 51.7 Å². The van der Waals surface area contributed by atoms with Crippen LogP contribution in [0.1, 0.15) is 99.0 Å². The van der Waals surface area contributed by atoms with Crippen molar-refractivity contribution in [2.24, 2.45) is 0 Å². The molecule has 0 amide bonds. The number of nitrogens with zero attached hydrogens (tertiary/aromatic N) is 8. The molecule has 2 fully saturated rings. The Morgan fingerprint density at radius 1 is 0.651 bits per heavy atom. The number of carboxylic acids is 2. The molecule has 25 heteroatoms. The quantitative estimate of drug-likeness (QED) is 0.0760. The fourth-order valence-electron chi connectivity index (χ4n) is 10.3. The third kappa shape index (κ3) is 12.2. The molecule has 2 aliphatic rings. The standard InChI is InChI=1S/2C29H30N4O7S.H2S/c2*1-17-22-25(34)33(29(2,3)27(35)36)28(37)32(26(22)41-23(17)24-31-11-14-39-24)16-21(40-19-9-12-38-13-10-19)20-8-6-5-7-18(20)15-30-4;/h2*5-8,11,14,19,21H,9-10,12-13,15-16H2,1-3H3,(H,35,36);1H2/t21-;;/m1../s1. The summed E-state index contributed by atoms with van der Waals surface area (Å²) in [5.41, 5.74) is -2.47. The first-order valence-corrected chi connectivity index (χ1v) is 28.1. The second-order valence-electron chi connectivity index (χ2n) is 20.8. The largest absolute Gasteiger partial charge is 0.480 e. The molecule has 6 aromatic heterocycles. The van der Waals surface area contributed by atoms with Crippen molar-refractivity contribution in [2.75, 3.05) is 26.4 Å². The highest BCUT2D eigenvalue weighted by Gasteiger charge is 2.39. The molecule has 0 bridgehead atoms. The first kappa shape index (κ1) is 61.3. The second kappa shape index (κ2) is 25.8. The Balaban J connectivity index is 0.000000214. The molecule has 0 radical (unpaired) electrons. The lowest BCUT2D eigenvalue weighted by atomic mass is 10.0. The predicted molar refractivity (Wildman–Crippen MR) is 314 cm³/mol. The van der Waals surface area contributed by atoms with E-state index in [0.29, 0.717) is 94.4 Å². The molecular weight excluding hydrogens is 1130 g/mol. The van der Waals surface area contributed by atoms with Gasteiger partial charge in [-0.3, -0.25) is 18.7 Å². The molecule has 10 rings (SSSR count). The van der Waals surface area contributed by atoms with Crippen molar-refractivity contribution >= 4 is 68.5 Å². The smallest absolute Gasteiger partial charge is 0.333 e. The molecule has 8 aromatic rings. The van der Waals surface area contributed by atoms with Gasteiger partial charge in [-0.25, -0.2) is 51.4 Å². The summed E-state index contributed by atoms with van der Waals surface area (Å²) in [5, 5.41) is 20.5. The lowest BCUT2D eigenvalue weighted by Gasteiger charge is -2.30. The average Bonchev–Trinajstić information content (AvgIpc) is 4.37. The van der Waals surface area contributed by atoms with Crippen molar-refractivity contribution in [2.45, 2.75) is 129 Å². The molecule has 2 saturated heterocycles. The van der Waals surface area contributed by atoms with Gasteiger partial charge in [0.25, 0.3) is 11.1 Å². The van der Waals surface area contributed by atoms with E-state index in [2.05, 4.69) is 19.7 Å². The number of carboxylic acid groups (broad SMARTS) is 2. The maximum atomic E-state index is 14.1. The number of aryl methyl sites for hydroxylation is 2. The molecule has 2 N–H and O–H groups in total. The van der Waals surface area contributed by atoms with Crippen molar-refractivity contribution in [1.82, 2.24) is 28.2 Å². The number of thiophene rings is 2. The van der Waals surface area contributed by atoms with Gasteiger partial charge >= 0.3 is 23.3 Å². The maximum Gasteiger partial charge on any atom is 0.333 e. The zero-order valence-corrected chi connectivity index (χ0v) is 49.0. The first-order chi connectivity index (χ1) is 39.3. The summed E-state index contributed by atoms with van der Waals surface area (Å²) in [4.78, 5) is 98.0. The van der Waals surface area contributed by atoms with Crippen LogP contribution in [0.15, 0.2) is 101 Å². The van der Waals surface area contributed by atoms with E-state index < -0.39 is 57.7 Å².